The quantitative estimate of drug-likeness (QED) is 0.807. The number of aryl methyl sites for hydroxylation is 1. The molecule has 2 aromatic rings. The number of nitrogens with one attached hydrogen (secondary N) is 1. The number of benzene rings is 1. The van der Waals surface area contributed by atoms with Gasteiger partial charge in [0.15, 0.2) is 0 Å². The minimum atomic E-state index is -0.450. The molecule has 18 heavy (non-hydrogen) atoms. The molecule has 0 aliphatic rings. The second-order valence-corrected chi connectivity index (χ2v) is 4.34. The fourth-order valence-electron chi connectivity index (χ4n) is 1.84. The Hall–Kier alpha value is -1.94. The SMILES string of the molecule is NC(Cc1cnc[nH]1)C(=O)CCc1ccccc1. The van der Waals surface area contributed by atoms with Gasteiger partial charge in [-0.3, -0.25) is 4.79 Å². The van der Waals surface area contributed by atoms with E-state index in [0.717, 1.165) is 12.1 Å². The molecule has 0 saturated heterocycles. The molecule has 1 atom stereocenters. The first-order valence-corrected chi connectivity index (χ1v) is 6.05. The highest BCUT2D eigenvalue weighted by Gasteiger charge is 2.14. The Morgan fingerprint density at radius 2 is 2.11 bits per heavy atom. The van der Waals surface area contributed by atoms with Gasteiger partial charge in [0.25, 0.3) is 0 Å². The van der Waals surface area contributed by atoms with Crippen LogP contribution in [0.25, 0.3) is 0 Å². The number of aromatic nitrogens is 2. The van der Waals surface area contributed by atoms with Crippen molar-refractivity contribution in [2.45, 2.75) is 25.3 Å². The highest BCUT2D eigenvalue weighted by atomic mass is 16.1. The number of Topliss-reactive ketones (excluding diaryl/α,β-unsaturated/α-hetero) is 1. The average Bonchev–Trinajstić information content (AvgIpc) is 2.90. The number of carbonyl (C=O) groups is 1. The van der Waals surface area contributed by atoms with Crippen LogP contribution in [0.4, 0.5) is 0 Å². The Balaban J connectivity index is 1.81. The third-order valence-electron chi connectivity index (χ3n) is 2.91. The lowest BCUT2D eigenvalue weighted by Gasteiger charge is -2.09. The van der Waals surface area contributed by atoms with Crippen molar-refractivity contribution in [2.75, 3.05) is 0 Å². The number of H-pyrrole nitrogens is 1. The number of ketones is 1. The molecular formula is C14H17N3O. The van der Waals surface area contributed by atoms with Crippen LogP contribution in [0.5, 0.6) is 0 Å². The lowest BCUT2D eigenvalue weighted by molar-refractivity contribution is -0.120. The van der Waals surface area contributed by atoms with Crippen molar-refractivity contribution in [1.82, 2.24) is 9.97 Å². The topological polar surface area (TPSA) is 71.8 Å². The summed E-state index contributed by atoms with van der Waals surface area (Å²) in [5.41, 5.74) is 7.94. The molecule has 4 nitrogen and oxygen atoms in total. The van der Waals surface area contributed by atoms with Crippen LogP contribution in [0, 0.1) is 0 Å². The van der Waals surface area contributed by atoms with Crippen molar-refractivity contribution in [3.05, 3.63) is 54.1 Å². The molecule has 1 aromatic heterocycles. The summed E-state index contributed by atoms with van der Waals surface area (Å²) in [6.07, 6.45) is 5.05. The lowest BCUT2D eigenvalue weighted by atomic mass is 10.0. The maximum absolute atomic E-state index is 11.9. The van der Waals surface area contributed by atoms with Crippen LogP contribution in [-0.2, 0) is 17.6 Å². The zero-order chi connectivity index (χ0) is 12.8. The van der Waals surface area contributed by atoms with Crippen LogP contribution < -0.4 is 5.73 Å². The molecule has 2 rings (SSSR count). The van der Waals surface area contributed by atoms with Gasteiger partial charge in [0, 0.05) is 24.7 Å². The van der Waals surface area contributed by atoms with E-state index in [-0.39, 0.29) is 5.78 Å². The summed E-state index contributed by atoms with van der Waals surface area (Å²) in [6, 6.07) is 9.51. The van der Waals surface area contributed by atoms with Gasteiger partial charge in [-0.2, -0.15) is 0 Å². The average molecular weight is 243 g/mol. The molecule has 0 saturated carbocycles. The maximum atomic E-state index is 11.9. The second-order valence-electron chi connectivity index (χ2n) is 4.34. The van der Waals surface area contributed by atoms with Crippen molar-refractivity contribution in [2.24, 2.45) is 5.73 Å². The highest BCUT2D eigenvalue weighted by Crippen LogP contribution is 2.05. The molecule has 0 aliphatic heterocycles. The predicted molar refractivity (Wildman–Crippen MR) is 70.0 cm³/mol. The largest absolute Gasteiger partial charge is 0.348 e. The molecule has 1 aromatic carbocycles. The first-order valence-electron chi connectivity index (χ1n) is 6.05. The molecule has 1 unspecified atom stereocenters. The highest BCUT2D eigenvalue weighted by molar-refractivity contribution is 5.84. The van der Waals surface area contributed by atoms with Crippen molar-refractivity contribution in [1.29, 1.82) is 0 Å². The van der Waals surface area contributed by atoms with Gasteiger partial charge in [0.2, 0.25) is 0 Å². The van der Waals surface area contributed by atoms with Gasteiger partial charge in [-0.1, -0.05) is 30.3 Å². The van der Waals surface area contributed by atoms with Gasteiger partial charge in [0.05, 0.1) is 12.4 Å². The van der Waals surface area contributed by atoms with E-state index in [1.54, 1.807) is 12.5 Å². The first-order chi connectivity index (χ1) is 8.75. The fraction of sp³-hybridized carbons (Fsp3) is 0.286. The molecular weight excluding hydrogens is 226 g/mol. The van der Waals surface area contributed by atoms with E-state index >= 15 is 0 Å². The molecule has 0 fully saturated rings. The summed E-state index contributed by atoms with van der Waals surface area (Å²) >= 11 is 0. The Labute approximate surface area is 106 Å². The Kier molecular flexibility index (Phi) is 4.25. The monoisotopic (exact) mass is 243 g/mol. The molecule has 0 spiro atoms. The molecule has 3 N–H and O–H groups in total. The summed E-state index contributed by atoms with van der Waals surface area (Å²) in [5.74, 6) is 0.0912. The van der Waals surface area contributed by atoms with Crippen LogP contribution in [0.2, 0.25) is 0 Å². The van der Waals surface area contributed by atoms with E-state index in [1.165, 1.54) is 5.56 Å². The Bertz CT molecular complexity index is 479. The van der Waals surface area contributed by atoms with Gasteiger partial charge >= 0.3 is 0 Å². The number of nitrogens with zero attached hydrogens (tertiary/aromatic N) is 1. The van der Waals surface area contributed by atoms with Gasteiger partial charge in [-0.15, -0.1) is 0 Å². The third-order valence-corrected chi connectivity index (χ3v) is 2.91. The number of rotatable bonds is 6. The number of hydrogen-bond acceptors (Lipinski definition) is 3. The van der Waals surface area contributed by atoms with E-state index in [1.807, 2.05) is 30.3 Å². The van der Waals surface area contributed by atoms with Crippen LogP contribution in [-0.4, -0.2) is 21.8 Å². The van der Waals surface area contributed by atoms with E-state index < -0.39 is 6.04 Å². The Morgan fingerprint density at radius 3 is 2.78 bits per heavy atom. The molecule has 4 heteroatoms. The summed E-state index contributed by atoms with van der Waals surface area (Å²) in [7, 11) is 0. The van der Waals surface area contributed by atoms with Gasteiger partial charge < -0.3 is 10.7 Å². The van der Waals surface area contributed by atoms with Crippen molar-refractivity contribution in [3.63, 3.8) is 0 Å². The number of imidazole rings is 1. The van der Waals surface area contributed by atoms with E-state index in [4.69, 9.17) is 5.73 Å². The molecule has 94 valence electrons. The van der Waals surface area contributed by atoms with Crippen LogP contribution in [0.1, 0.15) is 17.7 Å². The van der Waals surface area contributed by atoms with Gasteiger partial charge in [0.1, 0.15) is 5.78 Å². The zero-order valence-corrected chi connectivity index (χ0v) is 10.2. The van der Waals surface area contributed by atoms with Gasteiger partial charge in [-0.25, -0.2) is 4.98 Å². The molecule has 1 heterocycles. The first kappa shape index (κ1) is 12.5. The van der Waals surface area contributed by atoms with Crippen molar-refractivity contribution < 1.29 is 4.79 Å². The summed E-state index contributed by atoms with van der Waals surface area (Å²) in [6.45, 7) is 0. The second kappa shape index (κ2) is 6.12. The number of aromatic amines is 1. The minimum Gasteiger partial charge on any atom is -0.348 e. The summed E-state index contributed by atoms with van der Waals surface area (Å²) < 4.78 is 0. The fourth-order valence-corrected chi connectivity index (χ4v) is 1.84. The number of carbonyl (C=O) groups excluding carboxylic acids is 1. The lowest BCUT2D eigenvalue weighted by Crippen LogP contribution is -2.33. The maximum Gasteiger partial charge on any atom is 0.150 e. The van der Waals surface area contributed by atoms with Gasteiger partial charge in [-0.05, 0) is 12.0 Å². The van der Waals surface area contributed by atoms with E-state index in [9.17, 15) is 4.79 Å². The number of hydrogen-bond donors (Lipinski definition) is 2. The minimum absolute atomic E-state index is 0.0912. The van der Waals surface area contributed by atoms with Crippen LogP contribution in [0.3, 0.4) is 0 Å². The van der Waals surface area contributed by atoms with E-state index in [0.29, 0.717) is 12.8 Å². The molecule has 0 bridgehead atoms. The third kappa shape index (κ3) is 3.53. The molecule has 0 amide bonds. The summed E-state index contributed by atoms with van der Waals surface area (Å²) in [5, 5.41) is 0. The van der Waals surface area contributed by atoms with Crippen LogP contribution in [0.15, 0.2) is 42.9 Å². The summed E-state index contributed by atoms with van der Waals surface area (Å²) in [4.78, 5) is 18.7. The zero-order valence-electron chi connectivity index (χ0n) is 10.2. The smallest absolute Gasteiger partial charge is 0.150 e. The molecule has 0 radical (unpaired) electrons. The molecule has 0 aliphatic carbocycles. The van der Waals surface area contributed by atoms with E-state index in [2.05, 4.69) is 9.97 Å². The van der Waals surface area contributed by atoms with Crippen molar-refractivity contribution in [3.8, 4) is 0 Å². The normalized spacial score (nSPS) is 12.3. The standard InChI is InChI=1S/C14H17N3O/c15-13(8-12-9-16-10-17-12)14(18)7-6-11-4-2-1-3-5-11/h1-5,9-10,13H,6-8,15H2,(H,16,17). The van der Waals surface area contributed by atoms with Crippen molar-refractivity contribution >= 4 is 5.78 Å². The Morgan fingerprint density at radius 1 is 1.33 bits per heavy atom. The van der Waals surface area contributed by atoms with Crippen LogP contribution >= 0.6 is 0 Å². The predicted octanol–water partition coefficient (Wildman–Crippen LogP) is 1.48. The number of nitrogens with two attached hydrogens (primary N) is 1.